The number of pyridine rings is 2. The van der Waals surface area contributed by atoms with Crippen LogP contribution in [0.4, 0.5) is 5.69 Å². The molecule has 1 spiro atoms. The minimum Gasteiger partial charge on any atom is -0.477 e. The quantitative estimate of drug-likeness (QED) is 0.258. The third kappa shape index (κ3) is 4.45. The highest BCUT2D eigenvalue weighted by atomic mass is 35.5. The maximum atomic E-state index is 11.4. The van der Waals surface area contributed by atoms with Crippen LogP contribution in [0.2, 0.25) is 10.0 Å². The van der Waals surface area contributed by atoms with E-state index < -0.39 is 5.97 Å². The Kier molecular flexibility index (Phi) is 6.13. The van der Waals surface area contributed by atoms with Crippen LogP contribution in [0.25, 0.3) is 28.2 Å². The number of carboxylic acid groups (broad SMARTS) is 1. The van der Waals surface area contributed by atoms with Crippen molar-refractivity contribution in [1.29, 1.82) is 0 Å². The zero-order valence-corrected chi connectivity index (χ0v) is 23.6. The van der Waals surface area contributed by atoms with E-state index in [2.05, 4.69) is 38.2 Å². The van der Waals surface area contributed by atoms with Crippen molar-refractivity contribution in [3.05, 3.63) is 74.9 Å². The van der Waals surface area contributed by atoms with Gasteiger partial charge in [0.2, 0.25) is 0 Å². The summed E-state index contributed by atoms with van der Waals surface area (Å²) in [7, 11) is 0. The molecule has 3 aliphatic rings. The van der Waals surface area contributed by atoms with Crippen LogP contribution in [0, 0.1) is 12.3 Å². The number of anilines is 1. The lowest BCUT2D eigenvalue weighted by Crippen LogP contribution is -2.44. The molecule has 2 aliphatic carbocycles. The van der Waals surface area contributed by atoms with E-state index in [1.54, 1.807) is 18.5 Å². The molecule has 9 heteroatoms. The Labute approximate surface area is 241 Å². The van der Waals surface area contributed by atoms with Crippen LogP contribution in [0.5, 0.6) is 0 Å². The molecule has 0 atom stereocenters. The van der Waals surface area contributed by atoms with Gasteiger partial charge in [-0.15, -0.1) is 0 Å². The number of aromatic carboxylic acids is 1. The molecular formula is C31H28Cl2N4O3. The van der Waals surface area contributed by atoms with Gasteiger partial charge < -0.3 is 14.5 Å². The molecular weight excluding hydrogens is 547 g/mol. The van der Waals surface area contributed by atoms with E-state index >= 15 is 0 Å². The molecule has 1 N–H and O–H groups in total. The van der Waals surface area contributed by atoms with Crippen molar-refractivity contribution in [3.63, 3.8) is 0 Å². The number of allylic oxidation sites excluding steroid dienone is 1. The molecule has 3 aromatic heterocycles. The molecule has 0 amide bonds. The number of carboxylic acids is 1. The lowest BCUT2D eigenvalue weighted by atomic mass is 9.60. The highest BCUT2D eigenvalue weighted by molar-refractivity contribution is 6.39. The minimum absolute atomic E-state index is 0.0843. The normalized spacial score (nSPS) is 18.3. The van der Waals surface area contributed by atoms with Crippen LogP contribution >= 0.6 is 23.2 Å². The number of piperidine rings is 1. The van der Waals surface area contributed by atoms with Crippen LogP contribution < -0.4 is 4.90 Å². The summed E-state index contributed by atoms with van der Waals surface area (Å²) >= 11 is 13.0. The fourth-order valence-electron chi connectivity index (χ4n) is 6.41. The fraction of sp³-hybridized carbons (Fsp3) is 0.355. The van der Waals surface area contributed by atoms with E-state index in [1.807, 2.05) is 13.0 Å². The molecule has 1 aliphatic heterocycles. The van der Waals surface area contributed by atoms with E-state index in [1.165, 1.54) is 11.3 Å². The summed E-state index contributed by atoms with van der Waals surface area (Å²) in [5.74, 6) is 0.360. The molecule has 0 unspecified atom stereocenters. The van der Waals surface area contributed by atoms with Gasteiger partial charge in [-0.3, -0.25) is 4.98 Å². The van der Waals surface area contributed by atoms with Crippen LogP contribution in [0.1, 0.15) is 71.8 Å². The predicted molar refractivity (Wildman–Crippen MR) is 156 cm³/mol. The van der Waals surface area contributed by atoms with Crippen molar-refractivity contribution in [1.82, 2.24) is 15.1 Å². The van der Waals surface area contributed by atoms with Crippen molar-refractivity contribution in [2.24, 2.45) is 5.41 Å². The van der Waals surface area contributed by atoms with Crippen LogP contribution in [0.15, 0.2) is 46.8 Å². The molecule has 0 bridgehead atoms. The lowest BCUT2D eigenvalue weighted by molar-refractivity contribution is 0.0691. The van der Waals surface area contributed by atoms with Gasteiger partial charge in [0.1, 0.15) is 17.1 Å². The first kappa shape index (κ1) is 25.5. The van der Waals surface area contributed by atoms with E-state index in [0.717, 1.165) is 79.4 Å². The maximum Gasteiger partial charge on any atom is 0.354 e. The Balaban J connectivity index is 1.08. The molecule has 1 saturated heterocycles. The van der Waals surface area contributed by atoms with Crippen LogP contribution in [-0.2, 0) is 0 Å². The van der Waals surface area contributed by atoms with E-state index in [9.17, 15) is 9.90 Å². The van der Waals surface area contributed by atoms with Gasteiger partial charge in [-0.05, 0) is 86.8 Å². The number of nitrogens with zero attached hydrogens (tertiary/aromatic N) is 4. The Morgan fingerprint density at radius 1 is 1.12 bits per heavy atom. The van der Waals surface area contributed by atoms with Gasteiger partial charge in [0.05, 0.1) is 15.6 Å². The molecule has 40 heavy (non-hydrogen) atoms. The third-order valence-corrected chi connectivity index (χ3v) is 9.33. The van der Waals surface area contributed by atoms with Gasteiger partial charge in [0, 0.05) is 53.6 Å². The Morgan fingerprint density at radius 2 is 1.85 bits per heavy atom. The monoisotopic (exact) mass is 574 g/mol. The summed E-state index contributed by atoms with van der Waals surface area (Å²) in [5.41, 5.74) is 7.06. The molecule has 0 radical (unpaired) electrons. The number of aryl methyl sites for hydroxylation is 1. The number of halogens is 2. The number of fused-ring (bicyclic) bond motifs is 1. The average molecular weight is 575 g/mol. The zero-order valence-electron chi connectivity index (χ0n) is 22.1. The van der Waals surface area contributed by atoms with Gasteiger partial charge in [-0.25, -0.2) is 9.78 Å². The minimum atomic E-state index is -1.00. The standard InChI is InChI=1S/C31H28Cl2N4O3/c1-17-10-26(30(38)39)35-25-5-4-20(12-21(17)25)37-8-6-31(7-9-37)13-18(14-31)11-22-28(36-40-29(22)19-2-3-19)27-23(32)15-34-16-24(27)33/h4-5,10-12,15-16,19H,2-3,6-9,13-14H2,1H3,(H,38,39). The summed E-state index contributed by atoms with van der Waals surface area (Å²) in [5, 5.41) is 15.7. The summed E-state index contributed by atoms with van der Waals surface area (Å²) in [4.78, 5) is 22.2. The highest BCUT2D eigenvalue weighted by Crippen LogP contribution is 2.54. The molecule has 4 heterocycles. The molecule has 204 valence electrons. The molecule has 7 nitrogen and oxygen atoms in total. The van der Waals surface area contributed by atoms with E-state index in [0.29, 0.717) is 32.6 Å². The summed E-state index contributed by atoms with van der Waals surface area (Å²) < 4.78 is 5.84. The molecule has 3 fully saturated rings. The molecule has 1 aromatic carbocycles. The largest absolute Gasteiger partial charge is 0.477 e. The number of carbonyl (C=O) groups is 1. The van der Waals surface area contributed by atoms with Crippen molar-refractivity contribution in [3.8, 4) is 11.3 Å². The SMILES string of the molecule is Cc1cc(C(=O)O)nc2ccc(N3CCC4(CC3)CC(=Cc3c(-c5c(Cl)cncc5Cl)noc3C3CC3)C4)cc12. The van der Waals surface area contributed by atoms with Crippen LogP contribution in [-0.4, -0.2) is 39.3 Å². The van der Waals surface area contributed by atoms with Crippen LogP contribution in [0.3, 0.4) is 0 Å². The second-order valence-electron chi connectivity index (χ2n) is 11.5. The van der Waals surface area contributed by atoms with Gasteiger partial charge >= 0.3 is 5.97 Å². The number of aromatic nitrogens is 3. The number of hydrogen-bond donors (Lipinski definition) is 1. The van der Waals surface area contributed by atoms with Gasteiger partial charge in [0.25, 0.3) is 0 Å². The van der Waals surface area contributed by atoms with E-state index in [-0.39, 0.29) is 5.69 Å². The van der Waals surface area contributed by atoms with Gasteiger partial charge in [-0.2, -0.15) is 0 Å². The smallest absolute Gasteiger partial charge is 0.354 e. The Hall–Kier alpha value is -3.42. The first-order chi connectivity index (χ1) is 19.3. The number of rotatable bonds is 5. The summed E-state index contributed by atoms with van der Waals surface area (Å²) in [6.45, 7) is 3.93. The number of benzene rings is 1. The predicted octanol–water partition coefficient (Wildman–Crippen LogP) is 7.94. The fourth-order valence-corrected chi connectivity index (χ4v) is 6.95. The zero-order chi connectivity index (χ0) is 27.6. The van der Waals surface area contributed by atoms with Gasteiger partial charge in [0.15, 0.2) is 0 Å². The summed E-state index contributed by atoms with van der Waals surface area (Å²) in [6.07, 6.45) is 12.1. The van der Waals surface area contributed by atoms with Crippen molar-refractivity contribution in [2.75, 3.05) is 18.0 Å². The Morgan fingerprint density at radius 3 is 2.52 bits per heavy atom. The topological polar surface area (TPSA) is 92.3 Å². The Bertz CT molecular complexity index is 1670. The summed E-state index contributed by atoms with van der Waals surface area (Å²) in [6, 6.07) is 7.80. The third-order valence-electron chi connectivity index (χ3n) is 8.75. The first-order valence-corrected chi connectivity index (χ1v) is 14.4. The van der Waals surface area contributed by atoms with Gasteiger partial charge in [-0.1, -0.05) is 33.9 Å². The molecule has 7 rings (SSSR count). The number of hydrogen-bond acceptors (Lipinski definition) is 6. The maximum absolute atomic E-state index is 11.4. The second-order valence-corrected chi connectivity index (χ2v) is 12.4. The first-order valence-electron chi connectivity index (χ1n) is 13.7. The molecule has 2 saturated carbocycles. The second kappa shape index (κ2) is 9.60. The average Bonchev–Trinajstić information content (AvgIpc) is 3.69. The lowest BCUT2D eigenvalue weighted by Gasteiger charge is -2.50. The highest BCUT2D eigenvalue weighted by Gasteiger charge is 2.43. The van der Waals surface area contributed by atoms with Crippen molar-refractivity contribution in [2.45, 2.75) is 51.4 Å². The van der Waals surface area contributed by atoms with Crippen molar-refractivity contribution < 1.29 is 14.4 Å². The van der Waals surface area contributed by atoms with E-state index in [4.69, 9.17) is 27.7 Å². The molecule has 4 aromatic rings. The van der Waals surface area contributed by atoms with Crippen molar-refractivity contribution >= 4 is 51.8 Å².